The first-order valence-corrected chi connectivity index (χ1v) is 10.9. The normalized spacial score (nSPS) is 17.6. The SMILES string of the molecule is Cn1ccc2c(CNC(=O)c3ccc4c(c3)CCN(C3CCC3)CC4)cccc21. The van der Waals surface area contributed by atoms with Gasteiger partial charge in [-0.15, -0.1) is 0 Å². The lowest BCUT2D eigenvalue weighted by atomic mass is 9.91. The first-order chi connectivity index (χ1) is 14.2. The second kappa shape index (κ2) is 7.68. The van der Waals surface area contributed by atoms with E-state index in [2.05, 4.69) is 57.4 Å². The van der Waals surface area contributed by atoms with E-state index >= 15 is 0 Å². The molecule has 0 radical (unpaired) electrons. The Hall–Kier alpha value is -2.59. The van der Waals surface area contributed by atoms with Gasteiger partial charge in [0.1, 0.15) is 0 Å². The van der Waals surface area contributed by atoms with Crippen molar-refractivity contribution >= 4 is 16.8 Å². The molecule has 0 unspecified atom stereocenters. The molecule has 1 amide bonds. The summed E-state index contributed by atoms with van der Waals surface area (Å²) in [5, 5.41) is 4.33. The fourth-order valence-corrected chi connectivity index (χ4v) is 4.80. The highest BCUT2D eigenvalue weighted by Gasteiger charge is 2.26. The van der Waals surface area contributed by atoms with E-state index in [-0.39, 0.29) is 5.91 Å². The molecule has 3 aromatic rings. The van der Waals surface area contributed by atoms with Gasteiger partial charge in [0.2, 0.25) is 0 Å². The van der Waals surface area contributed by atoms with Crippen LogP contribution in [0.5, 0.6) is 0 Å². The summed E-state index contributed by atoms with van der Waals surface area (Å²) in [7, 11) is 2.05. The molecule has 2 aromatic carbocycles. The lowest BCUT2D eigenvalue weighted by molar-refractivity contribution is 0.0951. The minimum atomic E-state index is 0.0147. The number of hydrogen-bond acceptors (Lipinski definition) is 2. The number of aromatic nitrogens is 1. The van der Waals surface area contributed by atoms with Gasteiger partial charge in [-0.25, -0.2) is 0 Å². The summed E-state index contributed by atoms with van der Waals surface area (Å²) in [6, 6.07) is 15.5. The minimum absolute atomic E-state index is 0.0147. The highest BCUT2D eigenvalue weighted by atomic mass is 16.1. The summed E-state index contributed by atoms with van der Waals surface area (Å²) in [5.41, 5.74) is 5.89. The quantitative estimate of drug-likeness (QED) is 0.733. The van der Waals surface area contributed by atoms with Crippen LogP contribution in [0.1, 0.15) is 46.3 Å². The second-order valence-electron chi connectivity index (χ2n) is 8.56. The molecule has 2 aliphatic rings. The number of amides is 1. The molecule has 150 valence electrons. The van der Waals surface area contributed by atoms with Gasteiger partial charge in [0, 0.05) is 55.4 Å². The van der Waals surface area contributed by atoms with E-state index in [0.717, 1.165) is 43.1 Å². The summed E-state index contributed by atoms with van der Waals surface area (Å²) >= 11 is 0. The fraction of sp³-hybridized carbons (Fsp3) is 0.400. The van der Waals surface area contributed by atoms with Crippen molar-refractivity contribution in [3.8, 4) is 0 Å². The van der Waals surface area contributed by atoms with E-state index in [0.29, 0.717) is 6.54 Å². The number of carbonyl (C=O) groups is 1. The van der Waals surface area contributed by atoms with Crippen LogP contribution < -0.4 is 5.32 Å². The van der Waals surface area contributed by atoms with E-state index in [1.807, 2.05) is 13.1 Å². The first kappa shape index (κ1) is 18.4. The Morgan fingerprint density at radius 3 is 2.69 bits per heavy atom. The summed E-state index contributed by atoms with van der Waals surface area (Å²) < 4.78 is 2.11. The summed E-state index contributed by atoms with van der Waals surface area (Å²) in [5.74, 6) is 0.0147. The molecule has 29 heavy (non-hydrogen) atoms. The van der Waals surface area contributed by atoms with Gasteiger partial charge in [-0.2, -0.15) is 0 Å². The molecule has 1 aliphatic carbocycles. The molecule has 0 spiro atoms. The van der Waals surface area contributed by atoms with E-state index in [1.54, 1.807) is 0 Å². The minimum Gasteiger partial charge on any atom is -0.351 e. The van der Waals surface area contributed by atoms with E-state index in [1.165, 1.54) is 41.3 Å². The predicted octanol–water partition coefficient (Wildman–Crippen LogP) is 4.06. The van der Waals surface area contributed by atoms with E-state index < -0.39 is 0 Å². The Labute approximate surface area is 172 Å². The Kier molecular flexibility index (Phi) is 4.88. The van der Waals surface area contributed by atoms with Crippen LogP contribution in [0.4, 0.5) is 0 Å². The molecule has 4 heteroatoms. The Balaban J connectivity index is 1.28. The van der Waals surface area contributed by atoms with Gasteiger partial charge >= 0.3 is 0 Å². The van der Waals surface area contributed by atoms with Crippen LogP contribution in [0.15, 0.2) is 48.7 Å². The zero-order valence-electron chi connectivity index (χ0n) is 17.2. The average molecular weight is 388 g/mol. The first-order valence-electron chi connectivity index (χ1n) is 10.9. The molecule has 5 rings (SSSR count). The highest BCUT2D eigenvalue weighted by Crippen LogP contribution is 2.27. The van der Waals surface area contributed by atoms with Crippen LogP contribution in [-0.4, -0.2) is 34.5 Å². The standard InChI is InChI=1S/C25H29N3O/c1-27-13-12-23-21(4-2-7-24(23)27)17-26-25(29)20-9-8-18-10-14-28(22-5-3-6-22)15-11-19(18)16-20/h2,4,7-9,12-13,16,22H,3,5-6,10-11,14-15,17H2,1H3,(H,26,29). The number of nitrogens with one attached hydrogen (secondary N) is 1. The van der Waals surface area contributed by atoms with Crippen LogP contribution in [0.25, 0.3) is 10.9 Å². The maximum atomic E-state index is 12.8. The van der Waals surface area contributed by atoms with Crippen molar-refractivity contribution in [1.82, 2.24) is 14.8 Å². The molecular formula is C25H29N3O. The Morgan fingerprint density at radius 1 is 1.07 bits per heavy atom. The fourth-order valence-electron chi connectivity index (χ4n) is 4.80. The average Bonchev–Trinajstić information content (AvgIpc) is 2.96. The van der Waals surface area contributed by atoms with Crippen molar-refractivity contribution in [3.63, 3.8) is 0 Å². The monoisotopic (exact) mass is 387 g/mol. The Morgan fingerprint density at radius 2 is 1.90 bits per heavy atom. The molecule has 0 saturated heterocycles. The lowest BCUT2D eigenvalue weighted by Gasteiger charge is -2.36. The number of fused-ring (bicyclic) bond motifs is 2. The van der Waals surface area contributed by atoms with Gasteiger partial charge in [0.15, 0.2) is 0 Å². The van der Waals surface area contributed by atoms with Gasteiger partial charge in [0.25, 0.3) is 5.91 Å². The Bertz CT molecular complexity index is 1050. The molecule has 0 bridgehead atoms. The van der Waals surface area contributed by atoms with Gasteiger partial charge in [-0.05, 0) is 66.6 Å². The van der Waals surface area contributed by atoms with Crippen LogP contribution in [0, 0.1) is 0 Å². The third-order valence-electron chi connectivity index (χ3n) is 6.85. The molecule has 1 aliphatic heterocycles. The lowest BCUT2D eigenvalue weighted by Crippen LogP contribution is -2.41. The zero-order valence-corrected chi connectivity index (χ0v) is 17.2. The number of benzene rings is 2. The third kappa shape index (κ3) is 3.58. The zero-order chi connectivity index (χ0) is 19.8. The molecule has 4 nitrogen and oxygen atoms in total. The van der Waals surface area contributed by atoms with Gasteiger partial charge < -0.3 is 9.88 Å². The highest BCUT2D eigenvalue weighted by molar-refractivity contribution is 5.94. The smallest absolute Gasteiger partial charge is 0.251 e. The third-order valence-corrected chi connectivity index (χ3v) is 6.85. The molecule has 1 N–H and O–H groups in total. The van der Waals surface area contributed by atoms with Crippen LogP contribution in [0.3, 0.4) is 0 Å². The van der Waals surface area contributed by atoms with Crippen molar-refractivity contribution in [2.24, 2.45) is 7.05 Å². The van der Waals surface area contributed by atoms with E-state index in [9.17, 15) is 4.79 Å². The predicted molar refractivity (Wildman–Crippen MR) is 117 cm³/mol. The van der Waals surface area contributed by atoms with Gasteiger partial charge in [-0.3, -0.25) is 9.69 Å². The molecule has 1 aromatic heterocycles. The molecular weight excluding hydrogens is 358 g/mol. The maximum absolute atomic E-state index is 12.8. The van der Waals surface area contributed by atoms with Crippen molar-refractivity contribution in [3.05, 3.63) is 70.9 Å². The van der Waals surface area contributed by atoms with E-state index in [4.69, 9.17) is 0 Å². The van der Waals surface area contributed by atoms with Gasteiger partial charge in [0.05, 0.1) is 0 Å². The van der Waals surface area contributed by atoms with Crippen molar-refractivity contribution in [1.29, 1.82) is 0 Å². The number of hydrogen-bond donors (Lipinski definition) is 1. The topological polar surface area (TPSA) is 37.3 Å². The van der Waals surface area contributed by atoms with Crippen molar-refractivity contribution in [2.45, 2.75) is 44.7 Å². The maximum Gasteiger partial charge on any atom is 0.251 e. The number of aryl methyl sites for hydroxylation is 1. The number of rotatable bonds is 4. The largest absolute Gasteiger partial charge is 0.351 e. The second-order valence-corrected chi connectivity index (χ2v) is 8.56. The molecule has 1 saturated carbocycles. The number of nitrogens with zero attached hydrogens (tertiary/aromatic N) is 2. The summed E-state index contributed by atoms with van der Waals surface area (Å²) in [4.78, 5) is 15.5. The van der Waals surface area contributed by atoms with Crippen LogP contribution in [-0.2, 0) is 26.4 Å². The van der Waals surface area contributed by atoms with Crippen molar-refractivity contribution < 1.29 is 4.79 Å². The van der Waals surface area contributed by atoms with Crippen LogP contribution >= 0.6 is 0 Å². The summed E-state index contributed by atoms with van der Waals surface area (Å²) in [6.45, 7) is 2.83. The molecule has 2 heterocycles. The molecule has 0 atom stereocenters. The number of carbonyl (C=O) groups excluding carboxylic acids is 1. The molecule has 1 fully saturated rings. The van der Waals surface area contributed by atoms with Gasteiger partial charge in [-0.1, -0.05) is 24.6 Å². The van der Waals surface area contributed by atoms with Crippen LogP contribution in [0.2, 0.25) is 0 Å². The summed E-state index contributed by atoms with van der Waals surface area (Å²) in [6.07, 6.45) is 8.32. The van der Waals surface area contributed by atoms with Crippen molar-refractivity contribution in [2.75, 3.05) is 13.1 Å².